The Kier molecular flexibility index (Phi) is 8.04. The minimum absolute atomic E-state index is 0.247. The number of benzene rings is 3. The second-order valence-corrected chi connectivity index (χ2v) is 9.68. The molecule has 2 heteroatoms. The van der Waals surface area contributed by atoms with E-state index < -0.39 is 0 Å². The fourth-order valence-corrected chi connectivity index (χ4v) is 5.10. The van der Waals surface area contributed by atoms with Crippen molar-refractivity contribution in [2.24, 2.45) is 5.92 Å². The van der Waals surface area contributed by atoms with Crippen molar-refractivity contribution in [1.82, 2.24) is 0 Å². The standard InChI is InChI=1S/C31H34ClF/c1-3-5-6-7-23-10-12-24(13-11-23)25-16-18-27(19-17-25)29-21-20-28(30(32)31(29)33)26-14-8-22(4-2)9-15-26/h10-14,16-22H,3-9,15H2,1-2H3. The van der Waals surface area contributed by atoms with Crippen molar-refractivity contribution in [3.05, 3.63) is 88.7 Å². The van der Waals surface area contributed by atoms with Gasteiger partial charge in [0.2, 0.25) is 0 Å². The van der Waals surface area contributed by atoms with Gasteiger partial charge in [0.25, 0.3) is 0 Å². The molecule has 0 N–H and O–H groups in total. The molecule has 1 unspecified atom stereocenters. The molecule has 0 fully saturated rings. The van der Waals surface area contributed by atoms with Crippen molar-refractivity contribution in [2.75, 3.05) is 0 Å². The highest BCUT2D eigenvalue weighted by molar-refractivity contribution is 6.32. The zero-order valence-electron chi connectivity index (χ0n) is 19.8. The third-order valence-corrected chi connectivity index (χ3v) is 7.45. The summed E-state index contributed by atoms with van der Waals surface area (Å²) in [7, 11) is 0. The molecule has 33 heavy (non-hydrogen) atoms. The topological polar surface area (TPSA) is 0 Å². The van der Waals surface area contributed by atoms with Crippen molar-refractivity contribution >= 4 is 17.2 Å². The Balaban J connectivity index is 1.51. The lowest BCUT2D eigenvalue weighted by atomic mass is 9.85. The van der Waals surface area contributed by atoms with E-state index in [9.17, 15) is 0 Å². The van der Waals surface area contributed by atoms with E-state index in [0.717, 1.165) is 48.3 Å². The van der Waals surface area contributed by atoms with Crippen LogP contribution in [0.1, 0.15) is 69.9 Å². The molecule has 1 aliphatic rings. The normalized spacial score (nSPS) is 16.0. The number of unbranched alkanes of at least 4 members (excludes halogenated alkanes) is 2. The summed E-state index contributed by atoms with van der Waals surface area (Å²) < 4.78 is 15.3. The molecule has 0 nitrogen and oxygen atoms in total. The minimum atomic E-state index is -0.322. The van der Waals surface area contributed by atoms with Crippen LogP contribution in [0.3, 0.4) is 0 Å². The summed E-state index contributed by atoms with van der Waals surface area (Å²) in [4.78, 5) is 0. The van der Waals surface area contributed by atoms with Crippen molar-refractivity contribution < 1.29 is 4.39 Å². The lowest BCUT2D eigenvalue weighted by Gasteiger charge is -2.22. The number of rotatable bonds is 8. The van der Waals surface area contributed by atoms with E-state index in [-0.39, 0.29) is 10.8 Å². The molecule has 0 heterocycles. The molecular formula is C31H34ClF. The second-order valence-electron chi connectivity index (χ2n) is 9.30. The Morgan fingerprint density at radius 3 is 2.06 bits per heavy atom. The van der Waals surface area contributed by atoms with Gasteiger partial charge in [0, 0.05) is 5.56 Å². The lowest BCUT2D eigenvalue weighted by molar-refractivity contribution is 0.470. The highest BCUT2D eigenvalue weighted by atomic mass is 35.5. The van der Waals surface area contributed by atoms with E-state index in [1.54, 1.807) is 0 Å². The van der Waals surface area contributed by atoms with Gasteiger partial charge in [-0.25, -0.2) is 4.39 Å². The Bertz CT molecular complexity index is 1090. The van der Waals surface area contributed by atoms with Gasteiger partial charge in [-0.05, 0) is 71.4 Å². The van der Waals surface area contributed by atoms with E-state index >= 15 is 4.39 Å². The van der Waals surface area contributed by atoms with Crippen LogP contribution in [-0.2, 0) is 6.42 Å². The lowest BCUT2D eigenvalue weighted by Crippen LogP contribution is -2.04. The Labute approximate surface area is 203 Å². The van der Waals surface area contributed by atoms with E-state index in [1.807, 2.05) is 24.3 Å². The molecule has 0 saturated carbocycles. The van der Waals surface area contributed by atoms with Gasteiger partial charge >= 0.3 is 0 Å². The van der Waals surface area contributed by atoms with Crippen LogP contribution >= 0.6 is 11.6 Å². The zero-order chi connectivity index (χ0) is 23.2. The summed E-state index contributed by atoms with van der Waals surface area (Å²) >= 11 is 6.52. The molecule has 0 bridgehead atoms. The number of hydrogen-bond donors (Lipinski definition) is 0. The number of aryl methyl sites for hydroxylation is 1. The molecule has 0 spiro atoms. The Morgan fingerprint density at radius 1 is 0.818 bits per heavy atom. The van der Waals surface area contributed by atoms with E-state index in [4.69, 9.17) is 11.6 Å². The van der Waals surface area contributed by atoms with Crippen molar-refractivity contribution in [3.63, 3.8) is 0 Å². The molecule has 1 atom stereocenters. The molecule has 172 valence electrons. The number of halogens is 2. The molecule has 0 aliphatic heterocycles. The van der Waals surface area contributed by atoms with Crippen LogP contribution in [-0.4, -0.2) is 0 Å². The SMILES string of the molecule is CCCCCc1ccc(-c2ccc(-c3ccc(C4=CCC(CC)CC4)c(Cl)c3F)cc2)cc1. The first-order chi connectivity index (χ1) is 16.1. The van der Waals surface area contributed by atoms with Crippen LogP contribution in [0.4, 0.5) is 4.39 Å². The Hall–Kier alpha value is -2.38. The highest BCUT2D eigenvalue weighted by Gasteiger charge is 2.19. The first kappa shape index (κ1) is 23.8. The van der Waals surface area contributed by atoms with Gasteiger partial charge in [-0.1, -0.05) is 111 Å². The third kappa shape index (κ3) is 5.58. The molecule has 4 rings (SSSR count). The van der Waals surface area contributed by atoms with E-state index in [2.05, 4.69) is 56.3 Å². The largest absolute Gasteiger partial charge is 0.205 e. The van der Waals surface area contributed by atoms with Gasteiger partial charge in [-0.2, -0.15) is 0 Å². The predicted octanol–water partition coefficient (Wildman–Crippen LogP) is 10.1. The second kappa shape index (κ2) is 11.2. The molecule has 0 aromatic heterocycles. The smallest absolute Gasteiger partial charge is 0.150 e. The zero-order valence-corrected chi connectivity index (χ0v) is 20.6. The molecule has 0 amide bonds. The molecule has 3 aromatic rings. The van der Waals surface area contributed by atoms with Crippen LogP contribution in [0.25, 0.3) is 27.8 Å². The summed E-state index contributed by atoms with van der Waals surface area (Å²) in [5.41, 5.74) is 7.16. The number of allylic oxidation sites excluding steroid dienone is 2. The molecule has 0 saturated heterocycles. The molecule has 1 aliphatic carbocycles. The average Bonchev–Trinajstić information content (AvgIpc) is 2.86. The maximum atomic E-state index is 15.3. The maximum absolute atomic E-state index is 15.3. The first-order valence-corrected chi connectivity index (χ1v) is 12.9. The van der Waals surface area contributed by atoms with Gasteiger partial charge in [0.05, 0.1) is 5.02 Å². The first-order valence-electron chi connectivity index (χ1n) is 12.5. The van der Waals surface area contributed by atoms with Gasteiger partial charge in [0.1, 0.15) is 5.82 Å². The van der Waals surface area contributed by atoms with E-state index in [1.165, 1.54) is 42.4 Å². The maximum Gasteiger partial charge on any atom is 0.150 e. The van der Waals surface area contributed by atoms with Gasteiger partial charge in [0.15, 0.2) is 0 Å². The summed E-state index contributed by atoms with van der Waals surface area (Å²) in [6, 6.07) is 20.8. The quantitative estimate of drug-likeness (QED) is 0.293. The third-order valence-electron chi connectivity index (χ3n) is 7.08. The van der Waals surface area contributed by atoms with Crippen LogP contribution in [0.15, 0.2) is 66.7 Å². The van der Waals surface area contributed by atoms with Crippen molar-refractivity contribution in [2.45, 2.75) is 65.2 Å². The van der Waals surface area contributed by atoms with Gasteiger partial charge < -0.3 is 0 Å². The predicted molar refractivity (Wildman–Crippen MR) is 141 cm³/mol. The van der Waals surface area contributed by atoms with E-state index in [0.29, 0.717) is 5.56 Å². The average molecular weight is 461 g/mol. The van der Waals surface area contributed by atoms with Crippen LogP contribution in [0.2, 0.25) is 5.02 Å². The summed E-state index contributed by atoms with van der Waals surface area (Å²) in [6.07, 6.45) is 11.6. The monoisotopic (exact) mass is 460 g/mol. The van der Waals surface area contributed by atoms with Gasteiger partial charge in [-0.15, -0.1) is 0 Å². The van der Waals surface area contributed by atoms with Crippen LogP contribution < -0.4 is 0 Å². The Morgan fingerprint density at radius 2 is 1.45 bits per heavy atom. The number of hydrogen-bond acceptors (Lipinski definition) is 0. The molecule has 3 aromatic carbocycles. The fraction of sp³-hybridized carbons (Fsp3) is 0.355. The summed E-state index contributed by atoms with van der Waals surface area (Å²) in [6.45, 7) is 4.47. The molecule has 0 radical (unpaired) electrons. The van der Waals surface area contributed by atoms with Crippen LogP contribution in [0.5, 0.6) is 0 Å². The summed E-state index contributed by atoms with van der Waals surface area (Å²) in [5.74, 6) is 0.421. The summed E-state index contributed by atoms with van der Waals surface area (Å²) in [5, 5.41) is 0.247. The van der Waals surface area contributed by atoms with Crippen molar-refractivity contribution in [1.29, 1.82) is 0 Å². The highest BCUT2D eigenvalue weighted by Crippen LogP contribution is 2.38. The molecular weight excluding hydrogens is 427 g/mol. The van der Waals surface area contributed by atoms with Gasteiger partial charge in [-0.3, -0.25) is 0 Å². The van der Waals surface area contributed by atoms with Crippen molar-refractivity contribution in [3.8, 4) is 22.3 Å². The van der Waals surface area contributed by atoms with Crippen LogP contribution in [0, 0.1) is 11.7 Å². The minimum Gasteiger partial charge on any atom is -0.205 e. The fourth-order valence-electron chi connectivity index (χ4n) is 4.81.